The van der Waals surface area contributed by atoms with Crippen LogP contribution in [-0.2, 0) is 9.59 Å². The quantitative estimate of drug-likeness (QED) is 0.822. The first-order valence-corrected chi connectivity index (χ1v) is 8.86. The van der Waals surface area contributed by atoms with Gasteiger partial charge in [0, 0.05) is 33.1 Å². The second-order valence-corrected chi connectivity index (χ2v) is 7.40. The highest BCUT2D eigenvalue weighted by Crippen LogP contribution is 2.45. The van der Waals surface area contributed by atoms with Crippen LogP contribution >= 0.6 is 0 Å². The number of nitrogens with zero attached hydrogens (tertiary/aromatic N) is 1. The third kappa shape index (κ3) is 3.00. The predicted molar refractivity (Wildman–Crippen MR) is 85.2 cm³/mol. The zero-order chi connectivity index (χ0) is 15.6. The predicted octanol–water partition coefficient (Wildman–Crippen LogP) is 1.14. The normalized spacial score (nSPS) is 32.6. The van der Waals surface area contributed by atoms with Crippen LogP contribution in [-0.4, -0.2) is 49.4 Å². The van der Waals surface area contributed by atoms with Crippen molar-refractivity contribution in [3.05, 3.63) is 0 Å². The fourth-order valence-electron chi connectivity index (χ4n) is 4.61. The van der Waals surface area contributed by atoms with Crippen LogP contribution in [0.1, 0.15) is 45.4 Å². The summed E-state index contributed by atoms with van der Waals surface area (Å²) in [5, 5.41) is 6.38. The summed E-state index contributed by atoms with van der Waals surface area (Å²) in [5.74, 6) is 1.51. The highest BCUT2D eigenvalue weighted by atomic mass is 16.2. The van der Waals surface area contributed by atoms with E-state index in [1.807, 2.05) is 0 Å². The van der Waals surface area contributed by atoms with E-state index in [1.54, 1.807) is 6.92 Å². The molecule has 2 heterocycles. The van der Waals surface area contributed by atoms with E-state index in [0.29, 0.717) is 17.7 Å². The number of amides is 2. The zero-order valence-electron chi connectivity index (χ0n) is 13.7. The summed E-state index contributed by atoms with van der Waals surface area (Å²) >= 11 is 0. The van der Waals surface area contributed by atoms with Gasteiger partial charge in [-0.1, -0.05) is 12.8 Å². The van der Waals surface area contributed by atoms with E-state index in [9.17, 15) is 9.59 Å². The van der Waals surface area contributed by atoms with Crippen molar-refractivity contribution in [3.8, 4) is 0 Å². The Morgan fingerprint density at radius 3 is 2.73 bits per heavy atom. The van der Waals surface area contributed by atoms with Gasteiger partial charge in [-0.3, -0.25) is 9.59 Å². The number of hydrogen-bond acceptors (Lipinski definition) is 3. The molecule has 2 amide bonds. The van der Waals surface area contributed by atoms with Crippen LogP contribution < -0.4 is 10.6 Å². The van der Waals surface area contributed by atoms with Crippen molar-refractivity contribution in [2.45, 2.75) is 45.4 Å². The van der Waals surface area contributed by atoms with Gasteiger partial charge in [0.2, 0.25) is 11.8 Å². The molecule has 0 bridgehead atoms. The van der Waals surface area contributed by atoms with Crippen LogP contribution in [0.5, 0.6) is 0 Å². The lowest BCUT2D eigenvalue weighted by atomic mass is 9.67. The molecule has 2 N–H and O–H groups in total. The minimum atomic E-state index is -0.108. The van der Waals surface area contributed by atoms with Crippen molar-refractivity contribution in [1.29, 1.82) is 0 Å². The molecule has 5 nitrogen and oxygen atoms in total. The Morgan fingerprint density at radius 2 is 2.00 bits per heavy atom. The maximum atomic E-state index is 13.1. The first-order chi connectivity index (χ1) is 10.6. The molecule has 0 aromatic carbocycles. The fourth-order valence-corrected chi connectivity index (χ4v) is 4.61. The average molecular weight is 307 g/mol. The smallest absolute Gasteiger partial charge is 0.230 e. The number of rotatable bonds is 3. The summed E-state index contributed by atoms with van der Waals surface area (Å²) in [6, 6.07) is 0. The Balaban J connectivity index is 1.56. The summed E-state index contributed by atoms with van der Waals surface area (Å²) in [6.07, 6.45) is 6.77. The number of fused-ring (bicyclic) bond motifs is 1. The van der Waals surface area contributed by atoms with E-state index in [0.717, 1.165) is 52.0 Å². The third-order valence-corrected chi connectivity index (χ3v) is 6.01. The summed E-state index contributed by atoms with van der Waals surface area (Å²) in [7, 11) is 0. The highest BCUT2D eigenvalue weighted by molar-refractivity contribution is 5.84. The Labute approximate surface area is 133 Å². The molecule has 1 aliphatic carbocycles. The minimum absolute atomic E-state index is 0.0412. The van der Waals surface area contributed by atoms with Crippen LogP contribution in [0.4, 0.5) is 0 Å². The Kier molecular flexibility index (Phi) is 4.71. The Morgan fingerprint density at radius 1 is 1.23 bits per heavy atom. The van der Waals surface area contributed by atoms with Crippen LogP contribution in [0.3, 0.4) is 0 Å². The monoisotopic (exact) mass is 307 g/mol. The second-order valence-electron chi connectivity index (χ2n) is 7.40. The molecule has 0 unspecified atom stereocenters. The van der Waals surface area contributed by atoms with Gasteiger partial charge in [0.25, 0.3) is 0 Å². The highest BCUT2D eigenvalue weighted by Gasteiger charge is 2.51. The molecule has 1 saturated carbocycles. The van der Waals surface area contributed by atoms with Crippen LogP contribution in [0.15, 0.2) is 0 Å². The van der Waals surface area contributed by atoms with Gasteiger partial charge < -0.3 is 15.5 Å². The minimum Gasteiger partial charge on any atom is -0.356 e. The van der Waals surface area contributed by atoms with Gasteiger partial charge in [-0.15, -0.1) is 0 Å². The fraction of sp³-hybridized carbons (Fsp3) is 0.882. The lowest BCUT2D eigenvalue weighted by Gasteiger charge is -2.43. The SMILES string of the molecule is CC(=O)NCC1CCN(C(=O)[C@@]23CCCC[C@H]2CNC3)CC1. The first-order valence-electron chi connectivity index (χ1n) is 8.86. The van der Waals surface area contributed by atoms with Crippen molar-refractivity contribution in [2.75, 3.05) is 32.7 Å². The molecule has 0 spiro atoms. The molecule has 0 aromatic heterocycles. The number of hydrogen-bond donors (Lipinski definition) is 2. The molecular formula is C17H29N3O2. The van der Waals surface area contributed by atoms with Gasteiger partial charge in [0.1, 0.15) is 0 Å². The van der Waals surface area contributed by atoms with E-state index in [1.165, 1.54) is 19.3 Å². The molecule has 3 aliphatic rings. The summed E-state index contributed by atoms with van der Waals surface area (Å²) < 4.78 is 0. The van der Waals surface area contributed by atoms with Gasteiger partial charge >= 0.3 is 0 Å². The molecule has 3 fully saturated rings. The maximum Gasteiger partial charge on any atom is 0.230 e. The van der Waals surface area contributed by atoms with Crippen molar-refractivity contribution >= 4 is 11.8 Å². The standard InChI is InChI=1S/C17H29N3O2/c1-13(21)19-10-14-5-8-20(9-6-14)16(22)17-7-3-2-4-15(17)11-18-12-17/h14-15,18H,2-12H2,1H3,(H,19,21)/t15-,17+/m0/s1. The maximum absolute atomic E-state index is 13.1. The molecular weight excluding hydrogens is 278 g/mol. The molecule has 2 saturated heterocycles. The zero-order valence-corrected chi connectivity index (χ0v) is 13.7. The third-order valence-electron chi connectivity index (χ3n) is 6.01. The second kappa shape index (κ2) is 6.57. The van der Waals surface area contributed by atoms with Crippen molar-refractivity contribution in [1.82, 2.24) is 15.5 Å². The molecule has 5 heteroatoms. The van der Waals surface area contributed by atoms with Crippen LogP contribution in [0.25, 0.3) is 0 Å². The number of carbonyl (C=O) groups is 2. The largest absolute Gasteiger partial charge is 0.356 e. The number of carbonyl (C=O) groups excluding carboxylic acids is 2. The van der Waals surface area contributed by atoms with E-state index in [2.05, 4.69) is 15.5 Å². The summed E-state index contributed by atoms with van der Waals surface area (Å²) in [4.78, 5) is 26.3. The average Bonchev–Trinajstić information content (AvgIpc) is 2.98. The van der Waals surface area contributed by atoms with E-state index < -0.39 is 0 Å². The van der Waals surface area contributed by atoms with Gasteiger partial charge in [-0.2, -0.15) is 0 Å². The summed E-state index contributed by atoms with van der Waals surface area (Å²) in [5.41, 5.74) is -0.108. The molecule has 22 heavy (non-hydrogen) atoms. The van der Waals surface area contributed by atoms with E-state index in [4.69, 9.17) is 0 Å². The molecule has 2 aliphatic heterocycles. The van der Waals surface area contributed by atoms with E-state index >= 15 is 0 Å². The van der Waals surface area contributed by atoms with E-state index in [-0.39, 0.29) is 11.3 Å². The van der Waals surface area contributed by atoms with Gasteiger partial charge in [-0.05, 0) is 44.1 Å². The van der Waals surface area contributed by atoms with Crippen molar-refractivity contribution in [2.24, 2.45) is 17.3 Å². The lowest BCUT2D eigenvalue weighted by Crippen LogP contribution is -2.52. The first kappa shape index (κ1) is 15.8. The van der Waals surface area contributed by atoms with Crippen LogP contribution in [0.2, 0.25) is 0 Å². The summed E-state index contributed by atoms with van der Waals surface area (Å²) in [6.45, 7) is 5.93. The van der Waals surface area contributed by atoms with Gasteiger partial charge in [0.15, 0.2) is 0 Å². The van der Waals surface area contributed by atoms with Crippen molar-refractivity contribution < 1.29 is 9.59 Å². The Bertz CT molecular complexity index is 432. The van der Waals surface area contributed by atoms with Crippen molar-refractivity contribution in [3.63, 3.8) is 0 Å². The Hall–Kier alpha value is -1.10. The molecule has 124 valence electrons. The van der Waals surface area contributed by atoms with Gasteiger partial charge in [-0.25, -0.2) is 0 Å². The molecule has 2 atom stereocenters. The molecule has 0 radical (unpaired) electrons. The number of likely N-dealkylation sites (tertiary alicyclic amines) is 1. The molecule has 0 aromatic rings. The molecule has 3 rings (SSSR count). The van der Waals surface area contributed by atoms with Gasteiger partial charge in [0.05, 0.1) is 5.41 Å². The number of piperidine rings is 1. The number of nitrogens with one attached hydrogen (secondary N) is 2. The van der Waals surface area contributed by atoms with Crippen LogP contribution in [0, 0.1) is 17.3 Å². The topological polar surface area (TPSA) is 61.4 Å². The lowest BCUT2D eigenvalue weighted by molar-refractivity contribution is -0.147.